The fourth-order valence-corrected chi connectivity index (χ4v) is 1.71. The maximum atomic E-state index is 9.94. The summed E-state index contributed by atoms with van der Waals surface area (Å²) >= 11 is 0. The fourth-order valence-electron chi connectivity index (χ4n) is 1.71. The van der Waals surface area contributed by atoms with Crippen molar-refractivity contribution in [3.63, 3.8) is 0 Å². The summed E-state index contributed by atoms with van der Waals surface area (Å²) in [6, 6.07) is 0. The molecule has 0 bridgehead atoms. The molecule has 0 aromatic rings. The van der Waals surface area contributed by atoms with Crippen LogP contribution in [0.4, 0.5) is 0 Å². The van der Waals surface area contributed by atoms with Gasteiger partial charge in [-0.05, 0) is 37.8 Å². The lowest BCUT2D eigenvalue weighted by Gasteiger charge is -2.29. The molecule has 0 amide bonds. The molecule has 0 heterocycles. The lowest BCUT2D eigenvalue weighted by Crippen LogP contribution is -2.33. The van der Waals surface area contributed by atoms with E-state index in [2.05, 4.69) is 39.5 Å². The Kier molecular flexibility index (Phi) is 7.20. The van der Waals surface area contributed by atoms with E-state index in [4.69, 9.17) is 0 Å². The molecule has 1 unspecified atom stereocenters. The summed E-state index contributed by atoms with van der Waals surface area (Å²) < 4.78 is 0. The Morgan fingerprint density at radius 2 is 1.47 bits per heavy atom. The minimum Gasteiger partial charge on any atom is -0.393 e. The molecular weight excluding hydrogens is 186 g/mol. The van der Waals surface area contributed by atoms with E-state index in [1.165, 1.54) is 12.8 Å². The molecule has 0 aliphatic carbocycles. The maximum Gasteiger partial charge on any atom is 0.0600 e. The van der Waals surface area contributed by atoms with E-state index in [-0.39, 0.29) is 11.5 Å². The lowest BCUT2D eigenvalue weighted by atomic mass is 9.87. The van der Waals surface area contributed by atoms with E-state index in [1.54, 1.807) is 0 Å². The second-order valence-corrected chi connectivity index (χ2v) is 5.51. The van der Waals surface area contributed by atoms with Gasteiger partial charge >= 0.3 is 0 Å². The molecule has 15 heavy (non-hydrogen) atoms. The second-order valence-electron chi connectivity index (χ2n) is 5.51. The molecule has 0 aliphatic heterocycles. The van der Waals surface area contributed by atoms with Gasteiger partial charge in [-0.1, -0.05) is 34.6 Å². The van der Waals surface area contributed by atoms with Gasteiger partial charge in [0.15, 0.2) is 0 Å². The average molecular weight is 215 g/mol. The quantitative estimate of drug-likeness (QED) is 0.706. The number of hydrogen-bond acceptors (Lipinski definition) is 2. The van der Waals surface area contributed by atoms with Crippen molar-refractivity contribution in [2.45, 2.75) is 60.0 Å². The summed E-state index contributed by atoms with van der Waals surface area (Å²) in [5, 5.41) is 9.94. The first-order valence-electron chi connectivity index (χ1n) is 6.32. The molecule has 0 saturated heterocycles. The van der Waals surface area contributed by atoms with Crippen LogP contribution in [-0.2, 0) is 0 Å². The number of hydrogen-bond donors (Lipinski definition) is 1. The molecule has 0 aromatic heterocycles. The molecule has 0 fully saturated rings. The smallest absolute Gasteiger partial charge is 0.0600 e. The van der Waals surface area contributed by atoms with Crippen LogP contribution in [-0.4, -0.2) is 35.7 Å². The number of rotatable bonds is 7. The molecule has 0 aromatic carbocycles. The lowest BCUT2D eigenvalue weighted by molar-refractivity contribution is 0.0456. The maximum absolute atomic E-state index is 9.94. The van der Waals surface area contributed by atoms with Gasteiger partial charge in [0.25, 0.3) is 0 Å². The van der Waals surface area contributed by atoms with Crippen LogP contribution in [0.3, 0.4) is 0 Å². The van der Waals surface area contributed by atoms with Gasteiger partial charge in [0, 0.05) is 6.54 Å². The van der Waals surface area contributed by atoms with Crippen LogP contribution >= 0.6 is 0 Å². The van der Waals surface area contributed by atoms with Crippen molar-refractivity contribution in [3.05, 3.63) is 0 Å². The summed E-state index contributed by atoms with van der Waals surface area (Å²) in [5.74, 6) is 0. The van der Waals surface area contributed by atoms with E-state index in [0.29, 0.717) is 0 Å². The van der Waals surface area contributed by atoms with Crippen LogP contribution in [0.1, 0.15) is 53.9 Å². The van der Waals surface area contributed by atoms with Crippen molar-refractivity contribution in [3.8, 4) is 0 Å². The van der Waals surface area contributed by atoms with Gasteiger partial charge in [-0.3, -0.25) is 0 Å². The van der Waals surface area contributed by atoms with Crippen LogP contribution in [0.5, 0.6) is 0 Å². The summed E-state index contributed by atoms with van der Waals surface area (Å²) in [6.07, 6.45) is 3.11. The van der Waals surface area contributed by atoms with Gasteiger partial charge in [-0.25, -0.2) is 0 Å². The zero-order chi connectivity index (χ0) is 11.9. The van der Waals surface area contributed by atoms with Crippen LogP contribution in [0.15, 0.2) is 0 Å². The first-order valence-corrected chi connectivity index (χ1v) is 6.32. The highest BCUT2D eigenvalue weighted by molar-refractivity contribution is 4.74. The van der Waals surface area contributed by atoms with Crippen LogP contribution in [0, 0.1) is 5.41 Å². The van der Waals surface area contributed by atoms with E-state index >= 15 is 0 Å². The number of aliphatic hydroxyl groups is 1. The first kappa shape index (κ1) is 14.9. The van der Waals surface area contributed by atoms with Crippen molar-refractivity contribution in [2.24, 2.45) is 5.41 Å². The summed E-state index contributed by atoms with van der Waals surface area (Å²) in [5.41, 5.74) is 0.0180. The molecular formula is C13H29NO. The van der Waals surface area contributed by atoms with E-state index in [0.717, 1.165) is 26.1 Å². The van der Waals surface area contributed by atoms with Crippen molar-refractivity contribution in [1.29, 1.82) is 0 Å². The highest BCUT2D eigenvalue weighted by atomic mass is 16.3. The Balaban J connectivity index is 3.87. The van der Waals surface area contributed by atoms with E-state index in [1.807, 2.05) is 0 Å². The van der Waals surface area contributed by atoms with Gasteiger partial charge in [-0.15, -0.1) is 0 Å². The summed E-state index contributed by atoms with van der Waals surface area (Å²) in [7, 11) is 0. The first-order chi connectivity index (χ1) is 6.91. The Labute approximate surface area is 95.7 Å². The monoisotopic (exact) mass is 215 g/mol. The van der Waals surface area contributed by atoms with Gasteiger partial charge < -0.3 is 10.0 Å². The second kappa shape index (κ2) is 7.24. The van der Waals surface area contributed by atoms with Gasteiger partial charge in [-0.2, -0.15) is 0 Å². The molecule has 2 nitrogen and oxygen atoms in total. The standard InChI is InChI=1S/C13H29NO/c1-6-9-14(10-7-2)11-8-12(15)13(3,4)5/h12,15H,6-11H2,1-5H3. The Hall–Kier alpha value is -0.0800. The largest absolute Gasteiger partial charge is 0.393 e. The predicted molar refractivity (Wildman–Crippen MR) is 67.1 cm³/mol. The topological polar surface area (TPSA) is 23.5 Å². The Bertz CT molecular complexity index is 145. The molecule has 0 radical (unpaired) electrons. The fraction of sp³-hybridized carbons (Fsp3) is 1.00. The highest BCUT2D eigenvalue weighted by Crippen LogP contribution is 2.21. The predicted octanol–water partition coefficient (Wildman–Crippen LogP) is 2.91. The van der Waals surface area contributed by atoms with Gasteiger partial charge in [0.1, 0.15) is 0 Å². The molecule has 0 aliphatic rings. The molecule has 0 spiro atoms. The molecule has 0 rings (SSSR count). The molecule has 92 valence electrons. The summed E-state index contributed by atoms with van der Waals surface area (Å²) in [6.45, 7) is 14.1. The average Bonchev–Trinajstić information content (AvgIpc) is 2.12. The third-order valence-electron chi connectivity index (χ3n) is 2.80. The minimum absolute atomic E-state index is 0.0180. The zero-order valence-electron chi connectivity index (χ0n) is 11.2. The minimum atomic E-state index is -0.186. The molecule has 1 atom stereocenters. The van der Waals surface area contributed by atoms with Crippen molar-refractivity contribution in [1.82, 2.24) is 4.90 Å². The third-order valence-corrected chi connectivity index (χ3v) is 2.80. The van der Waals surface area contributed by atoms with E-state index in [9.17, 15) is 5.11 Å². The molecule has 0 saturated carbocycles. The van der Waals surface area contributed by atoms with Crippen molar-refractivity contribution in [2.75, 3.05) is 19.6 Å². The normalized spacial score (nSPS) is 14.6. The van der Waals surface area contributed by atoms with Gasteiger partial charge in [0.2, 0.25) is 0 Å². The van der Waals surface area contributed by atoms with Crippen LogP contribution < -0.4 is 0 Å². The third kappa shape index (κ3) is 6.91. The Morgan fingerprint density at radius 1 is 1.00 bits per heavy atom. The molecule has 2 heteroatoms. The number of aliphatic hydroxyl groups excluding tert-OH is 1. The Morgan fingerprint density at radius 3 is 1.80 bits per heavy atom. The summed E-state index contributed by atoms with van der Waals surface area (Å²) in [4.78, 5) is 2.45. The SMILES string of the molecule is CCCN(CCC)CCC(O)C(C)(C)C. The number of nitrogens with zero attached hydrogens (tertiary/aromatic N) is 1. The molecule has 1 N–H and O–H groups in total. The van der Waals surface area contributed by atoms with Crippen molar-refractivity contribution < 1.29 is 5.11 Å². The van der Waals surface area contributed by atoms with Crippen LogP contribution in [0.25, 0.3) is 0 Å². The van der Waals surface area contributed by atoms with Crippen LogP contribution in [0.2, 0.25) is 0 Å². The zero-order valence-corrected chi connectivity index (χ0v) is 11.2. The highest BCUT2D eigenvalue weighted by Gasteiger charge is 2.22. The van der Waals surface area contributed by atoms with E-state index < -0.39 is 0 Å². The van der Waals surface area contributed by atoms with Gasteiger partial charge in [0.05, 0.1) is 6.10 Å². The van der Waals surface area contributed by atoms with Crippen molar-refractivity contribution >= 4 is 0 Å².